The summed E-state index contributed by atoms with van der Waals surface area (Å²) >= 11 is 0. The van der Waals surface area contributed by atoms with E-state index >= 15 is 0 Å². The van der Waals surface area contributed by atoms with Crippen LogP contribution in [0.15, 0.2) is 0 Å². The molecule has 2 N–H and O–H groups in total. The van der Waals surface area contributed by atoms with Crippen molar-refractivity contribution in [3.8, 4) is 0 Å². The lowest BCUT2D eigenvalue weighted by molar-refractivity contribution is -0.140. The maximum Gasteiger partial charge on any atom is 0.253 e. The van der Waals surface area contributed by atoms with Crippen molar-refractivity contribution in [3.05, 3.63) is 0 Å². The highest BCUT2D eigenvalue weighted by Crippen LogP contribution is 2.37. The zero-order valence-corrected chi connectivity index (χ0v) is 11.9. The lowest BCUT2D eigenvalue weighted by atomic mass is 9.82. The third-order valence-corrected chi connectivity index (χ3v) is 4.02. The molecule has 1 atom stereocenters. The molecular formula is C12H25ClN2O2. The normalized spacial score (nSPS) is 19.9. The molecular weight excluding hydrogens is 240 g/mol. The van der Waals surface area contributed by atoms with E-state index in [1.165, 1.54) is 0 Å². The highest BCUT2D eigenvalue weighted by molar-refractivity contribution is 5.85. The van der Waals surface area contributed by atoms with Crippen molar-refractivity contribution in [2.24, 2.45) is 11.1 Å². The first-order valence-electron chi connectivity index (χ1n) is 6.14. The summed E-state index contributed by atoms with van der Waals surface area (Å²) in [7, 11) is 1.54. The summed E-state index contributed by atoms with van der Waals surface area (Å²) in [6.07, 6.45) is 2.90. The number of carbonyl (C=O) groups is 1. The molecule has 1 saturated heterocycles. The van der Waals surface area contributed by atoms with Crippen LogP contribution in [0.1, 0.15) is 33.1 Å². The van der Waals surface area contributed by atoms with Crippen LogP contribution in [-0.2, 0) is 9.53 Å². The molecule has 1 rings (SSSR count). The summed E-state index contributed by atoms with van der Waals surface area (Å²) in [5, 5.41) is 0. The van der Waals surface area contributed by atoms with E-state index in [0.29, 0.717) is 5.41 Å². The number of hydrogen-bond acceptors (Lipinski definition) is 3. The number of likely N-dealkylation sites (tertiary alicyclic amines) is 1. The number of rotatable bonds is 5. The highest BCUT2D eigenvalue weighted by Gasteiger charge is 2.38. The molecule has 0 spiro atoms. The zero-order valence-electron chi connectivity index (χ0n) is 11.1. The lowest BCUT2D eigenvalue weighted by Crippen LogP contribution is -2.43. The van der Waals surface area contributed by atoms with Gasteiger partial charge in [0, 0.05) is 26.7 Å². The largest absolute Gasteiger partial charge is 0.370 e. The molecule has 1 aliphatic rings. The summed E-state index contributed by atoms with van der Waals surface area (Å²) in [4.78, 5) is 14.0. The predicted octanol–water partition coefficient (Wildman–Crippen LogP) is 1.42. The molecule has 17 heavy (non-hydrogen) atoms. The van der Waals surface area contributed by atoms with E-state index < -0.39 is 6.10 Å². The second-order valence-corrected chi connectivity index (χ2v) is 4.68. The summed E-state index contributed by atoms with van der Waals surface area (Å²) in [6.45, 7) is 6.37. The number of ether oxygens (including phenoxy) is 1. The van der Waals surface area contributed by atoms with Crippen LogP contribution in [0.4, 0.5) is 0 Å². The minimum absolute atomic E-state index is 0. The topological polar surface area (TPSA) is 55.6 Å². The van der Waals surface area contributed by atoms with Gasteiger partial charge in [-0.1, -0.05) is 13.8 Å². The predicted molar refractivity (Wildman–Crippen MR) is 71.3 cm³/mol. The van der Waals surface area contributed by atoms with Gasteiger partial charge >= 0.3 is 0 Å². The summed E-state index contributed by atoms with van der Waals surface area (Å²) < 4.78 is 5.09. The molecule has 5 heteroatoms. The molecule has 0 radical (unpaired) electrons. The molecule has 1 fully saturated rings. The van der Waals surface area contributed by atoms with E-state index in [4.69, 9.17) is 10.5 Å². The number of methoxy groups -OCH3 is 1. The molecule has 0 bridgehead atoms. The van der Waals surface area contributed by atoms with Gasteiger partial charge in [0.25, 0.3) is 5.91 Å². The molecule has 1 unspecified atom stereocenters. The van der Waals surface area contributed by atoms with Gasteiger partial charge in [0.2, 0.25) is 0 Å². The van der Waals surface area contributed by atoms with Crippen LogP contribution in [-0.4, -0.2) is 43.7 Å². The Morgan fingerprint density at radius 1 is 1.47 bits per heavy atom. The molecule has 0 saturated carbocycles. The standard InChI is InChI=1S/C12H24N2O2.ClH/c1-4-12(5-2)6-7-14(9-12)11(15)10(8-13)16-3;/h10H,4-9,13H2,1-3H3;1H. The molecule has 4 nitrogen and oxygen atoms in total. The van der Waals surface area contributed by atoms with Crippen molar-refractivity contribution in [1.29, 1.82) is 0 Å². The maximum atomic E-state index is 12.0. The van der Waals surface area contributed by atoms with E-state index in [-0.39, 0.29) is 24.9 Å². The van der Waals surface area contributed by atoms with Gasteiger partial charge in [0.15, 0.2) is 0 Å². The van der Waals surface area contributed by atoms with Gasteiger partial charge in [-0.05, 0) is 24.7 Å². The van der Waals surface area contributed by atoms with Crippen LogP contribution in [0.2, 0.25) is 0 Å². The Morgan fingerprint density at radius 3 is 2.41 bits per heavy atom. The minimum Gasteiger partial charge on any atom is -0.370 e. The Morgan fingerprint density at radius 2 is 2.06 bits per heavy atom. The maximum absolute atomic E-state index is 12.0. The highest BCUT2D eigenvalue weighted by atomic mass is 35.5. The number of carbonyl (C=O) groups excluding carboxylic acids is 1. The van der Waals surface area contributed by atoms with Gasteiger partial charge in [0.1, 0.15) is 6.10 Å². The van der Waals surface area contributed by atoms with Gasteiger partial charge in [-0.25, -0.2) is 0 Å². The van der Waals surface area contributed by atoms with E-state index in [1.807, 2.05) is 4.90 Å². The first kappa shape index (κ1) is 16.7. The van der Waals surface area contributed by atoms with Crippen molar-refractivity contribution >= 4 is 18.3 Å². The molecule has 0 aromatic rings. The Bertz CT molecular complexity index is 241. The van der Waals surface area contributed by atoms with E-state index in [2.05, 4.69) is 13.8 Å². The Kier molecular flexibility index (Phi) is 7.05. The van der Waals surface area contributed by atoms with Gasteiger partial charge in [-0.15, -0.1) is 12.4 Å². The third-order valence-electron chi connectivity index (χ3n) is 4.02. The zero-order chi connectivity index (χ0) is 12.2. The number of amides is 1. The molecule has 1 aliphatic heterocycles. The van der Waals surface area contributed by atoms with E-state index in [9.17, 15) is 4.79 Å². The summed E-state index contributed by atoms with van der Waals surface area (Å²) in [5.74, 6) is 0.0498. The molecule has 1 heterocycles. The first-order chi connectivity index (χ1) is 7.62. The van der Waals surface area contributed by atoms with Crippen LogP contribution in [0, 0.1) is 5.41 Å². The fraction of sp³-hybridized carbons (Fsp3) is 0.917. The average molecular weight is 265 g/mol. The Labute approximate surface area is 110 Å². The van der Waals surface area contributed by atoms with Crippen LogP contribution in [0.3, 0.4) is 0 Å². The quantitative estimate of drug-likeness (QED) is 0.817. The summed E-state index contributed by atoms with van der Waals surface area (Å²) in [6, 6.07) is 0. The van der Waals surface area contributed by atoms with Crippen molar-refractivity contribution in [3.63, 3.8) is 0 Å². The molecule has 0 aromatic heterocycles. The van der Waals surface area contributed by atoms with Crippen molar-refractivity contribution in [2.75, 3.05) is 26.7 Å². The van der Waals surface area contributed by atoms with Crippen LogP contribution >= 0.6 is 12.4 Å². The Hall–Kier alpha value is -0.320. The molecule has 0 aliphatic carbocycles. The number of halogens is 1. The molecule has 1 amide bonds. The van der Waals surface area contributed by atoms with Gasteiger partial charge in [0.05, 0.1) is 0 Å². The Balaban J connectivity index is 0.00000256. The number of nitrogens with two attached hydrogens (primary N) is 1. The van der Waals surface area contributed by atoms with Gasteiger partial charge in [-0.2, -0.15) is 0 Å². The minimum atomic E-state index is -0.468. The fourth-order valence-corrected chi connectivity index (χ4v) is 2.45. The fourth-order valence-electron chi connectivity index (χ4n) is 2.45. The SMILES string of the molecule is CCC1(CC)CCN(C(=O)C(CN)OC)C1.Cl. The van der Waals surface area contributed by atoms with E-state index in [1.54, 1.807) is 7.11 Å². The van der Waals surface area contributed by atoms with Crippen LogP contribution in [0.25, 0.3) is 0 Å². The summed E-state index contributed by atoms with van der Waals surface area (Å²) in [5.41, 5.74) is 5.83. The first-order valence-corrected chi connectivity index (χ1v) is 6.14. The monoisotopic (exact) mass is 264 g/mol. The number of hydrogen-bond donors (Lipinski definition) is 1. The second kappa shape index (κ2) is 7.19. The van der Waals surface area contributed by atoms with E-state index in [0.717, 1.165) is 32.4 Å². The van der Waals surface area contributed by atoms with Crippen LogP contribution in [0.5, 0.6) is 0 Å². The lowest BCUT2D eigenvalue weighted by Gasteiger charge is -2.27. The van der Waals surface area contributed by atoms with Crippen molar-refractivity contribution in [2.45, 2.75) is 39.2 Å². The van der Waals surface area contributed by atoms with Gasteiger partial charge < -0.3 is 15.4 Å². The number of nitrogens with zero attached hydrogens (tertiary/aromatic N) is 1. The third kappa shape index (κ3) is 3.57. The average Bonchev–Trinajstić information content (AvgIpc) is 2.75. The van der Waals surface area contributed by atoms with Gasteiger partial charge in [-0.3, -0.25) is 4.79 Å². The van der Waals surface area contributed by atoms with Crippen molar-refractivity contribution in [1.82, 2.24) is 4.90 Å². The molecule has 102 valence electrons. The molecule has 0 aromatic carbocycles. The second-order valence-electron chi connectivity index (χ2n) is 4.68. The smallest absolute Gasteiger partial charge is 0.253 e. The van der Waals surface area contributed by atoms with Crippen molar-refractivity contribution < 1.29 is 9.53 Å². The van der Waals surface area contributed by atoms with Crippen LogP contribution < -0.4 is 5.73 Å².